The van der Waals surface area contributed by atoms with Crippen LogP contribution in [0.4, 0.5) is 0 Å². The van der Waals surface area contributed by atoms with Gasteiger partial charge in [-0.3, -0.25) is 10.2 Å². The van der Waals surface area contributed by atoms with Gasteiger partial charge in [0.25, 0.3) is 5.91 Å². The Morgan fingerprint density at radius 3 is 2.93 bits per heavy atom. The Morgan fingerprint density at radius 1 is 1.43 bits per heavy atom. The highest BCUT2D eigenvalue weighted by Crippen LogP contribution is 2.20. The predicted molar refractivity (Wildman–Crippen MR) is 56.1 cm³/mol. The molecular formula is C9H9N3OS. The van der Waals surface area contributed by atoms with Crippen LogP contribution in [0, 0.1) is 0 Å². The quantitative estimate of drug-likeness (QED) is 0.727. The molecule has 1 heterocycles. The first-order valence-electron chi connectivity index (χ1n) is 4.14. The highest BCUT2D eigenvalue weighted by Gasteiger charge is 2.10. The van der Waals surface area contributed by atoms with E-state index in [4.69, 9.17) is 0 Å². The summed E-state index contributed by atoms with van der Waals surface area (Å²) in [6.45, 7) is 0. The maximum Gasteiger partial charge on any atom is 0.294 e. The lowest BCUT2D eigenvalue weighted by molar-refractivity contribution is 0.0938. The highest BCUT2D eigenvalue weighted by molar-refractivity contribution is 7.20. The normalized spacial score (nSPS) is 10.4. The summed E-state index contributed by atoms with van der Waals surface area (Å²) in [6.07, 6.45) is 0. The summed E-state index contributed by atoms with van der Waals surface area (Å²) >= 11 is 1.38. The molecule has 2 rings (SSSR count). The van der Waals surface area contributed by atoms with Crippen molar-refractivity contribution in [2.45, 2.75) is 0 Å². The minimum atomic E-state index is -0.200. The summed E-state index contributed by atoms with van der Waals surface area (Å²) in [4.78, 5) is 15.6. The highest BCUT2D eigenvalue weighted by atomic mass is 32.1. The molecule has 14 heavy (non-hydrogen) atoms. The van der Waals surface area contributed by atoms with Gasteiger partial charge in [-0.2, -0.15) is 0 Å². The Labute approximate surface area is 84.9 Å². The molecule has 0 atom stereocenters. The van der Waals surface area contributed by atoms with Crippen molar-refractivity contribution in [3.63, 3.8) is 0 Å². The van der Waals surface area contributed by atoms with Gasteiger partial charge in [0.05, 0.1) is 10.2 Å². The molecule has 0 aliphatic rings. The third kappa shape index (κ3) is 1.59. The zero-order valence-corrected chi connectivity index (χ0v) is 8.39. The van der Waals surface area contributed by atoms with Crippen molar-refractivity contribution in [2.75, 3.05) is 7.05 Å². The molecule has 0 radical (unpaired) electrons. The topological polar surface area (TPSA) is 54.0 Å². The fourth-order valence-electron chi connectivity index (χ4n) is 1.14. The molecule has 0 spiro atoms. The number of hydrogen-bond donors (Lipinski definition) is 2. The first-order valence-corrected chi connectivity index (χ1v) is 4.95. The Hall–Kier alpha value is -1.46. The largest absolute Gasteiger partial charge is 0.294 e. The molecule has 5 heteroatoms. The Morgan fingerprint density at radius 2 is 2.21 bits per heavy atom. The SMILES string of the molecule is CNNC(=O)c1nc2ccccc2s1. The van der Waals surface area contributed by atoms with E-state index in [1.54, 1.807) is 7.05 Å². The zero-order valence-electron chi connectivity index (χ0n) is 7.57. The van der Waals surface area contributed by atoms with Gasteiger partial charge in [0.2, 0.25) is 0 Å². The van der Waals surface area contributed by atoms with Crippen molar-refractivity contribution < 1.29 is 4.79 Å². The second-order valence-electron chi connectivity index (χ2n) is 2.69. The molecule has 1 aromatic heterocycles. The number of hydrazine groups is 1. The number of benzene rings is 1. The van der Waals surface area contributed by atoms with Crippen LogP contribution >= 0.6 is 11.3 Å². The first kappa shape index (κ1) is 9.11. The number of carbonyl (C=O) groups excluding carboxylic acids is 1. The van der Waals surface area contributed by atoms with Crippen LogP contribution in [0.25, 0.3) is 10.2 Å². The monoisotopic (exact) mass is 207 g/mol. The average Bonchev–Trinajstić information content (AvgIpc) is 2.61. The van der Waals surface area contributed by atoms with Gasteiger partial charge in [-0.05, 0) is 12.1 Å². The molecule has 0 saturated carbocycles. The van der Waals surface area contributed by atoms with Crippen LogP contribution in [-0.4, -0.2) is 17.9 Å². The number of carbonyl (C=O) groups is 1. The maximum absolute atomic E-state index is 11.4. The summed E-state index contributed by atoms with van der Waals surface area (Å²) in [6, 6.07) is 7.67. The van der Waals surface area contributed by atoms with Gasteiger partial charge in [-0.1, -0.05) is 12.1 Å². The summed E-state index contributed by atoms with van der Waals surface area (Å²) in [7, 11) is 1.64. The van der Waals surface area contributed by atoms with Crippen molar-refractivity contribution in [1.29, 1.82) is 0 Å². The first-order chi connectivity index (χ1) is 6.81. The smallest absolute Gasteiger partial charge is 0.286 e. The lowest BCUT2D eigenvalue weighted by Gasteiger charge is -1.96. The summed E-state index contributed by atoms with van der Waals surface area (Å²) in [5.74, 6) is -0.200. The van der Waals surface area contributed by atoms with Gasteiger partial charge < -0.3 is 0 Å². The maximum atomic E-state index is 11.4. The van der Waals surface area contributed by atoms with E-state index >= 15 is 0 Å². The van der Waals surface area contributed by atoms with Crippen molar-refractivity contribution in [3.05, 3.63) is 29.3 Å². The number of thiazole rings is 1. The van der Waals surface area contributed by atoms with Crippen LogP contribution in [0.2, 0.25) is 0 Å². The van der Waals surface area contributed by atoms with Crippen LogP contribution in [0.3, 0.4) is 0 Å². The van der Waals surface area contributed by atoms with E-state index in [9.17, 15) is 4.79 Å². The van der Waals surface area contributed by atoms with Gasteiger partial charge in [-0.15, -0.1) is 11.3 Å². The molecule has 0 unspecified atom stereocenters. The molecule has 1 aromatic carbocycles. The number of aromatic nitrogens is 1. The molecular weight excluding hydrogens is 198 g/mol. The molecule has 0 saturated heterocycles. The van der Waals surface area contributed by atoms with Crippen LogP contribution in [0.15, 0.2) is 24.3 Å². The third-order valence-electron chi connectivity index (χ3n) is 1.73. The van der Waals surface area contributed by atoms with Crippen LogP contribution in [0.5, 0.6) is 0 Å². The van der Waals surface area contributed by atoms with E-state index in [1.165, 1.54) is 11.3 Å². The summed E-state index contributed by atoms with van der Waals surface area (Å²) < 4.78 is 1.02. The van der Waals surface area contributed by atoms with Crippen molar-refractivity contribution in [1.82, 2.24) is 15.8 Å². The van der Waals surface area contributed by atoms with Crippen LogP contribution in [-0.2, 0) is 0 Å². The number of nitrogens with zero attached hydrogens (tertiary/aromatic N) is 1. The molecule has 0 aliphatic carbocycles. The van der Waals surface area contributed by atoms with Gasteiger partial charge in [-0.25, -0.2) is 10.4 Å². The molecule has 2 N–H and O–H groups in total. The zero-order chi connectivity index (χ0) is 9.97. The number of amides is 1. The minimum Gasteiger partial charge on any atom is -0.286 e. The summed E-state index contributed by atoms with van der Waals surface area (Å²) in [5.41, 5.74) is 5.92. The lowest BCUT2D eigenvalue weighted by Crippen LogP contribution is -2.33. The van der Waals surface area contributed by atoms with Gasteiger partial charge in [0, 0.05) is 7.05 Å². The van der Waals surface area contributed by atoms with Gasteiger partial charge in [0.15, 0.2) is 5.01 Å². The Bertz CT molecular complexity index is 433. The van der Waals surface area contributed by atoms with Crippen LogP contribution in [0.1, 0.15) is 9.80 Å². The minimum absolute atomic E-state index is 0.200. The van der Waals surface area contributed by atoms with E-state index < -0.39 is 0 Å². The van der Waals surface area contributed by atoms with E-state index in [0.717, 1.165) is 10.2 Å². The van der Waals surface area contributed by atoms with Crippen molar-refractivity contribution in [3.8, 4) is 0 Å². The molecule has 0 bridgehead atoms. The molecule has 1 amide bonds. The molecule has 2 aromatic rings. The molecule has 72 valence electrons. The Kier molecular flexibility index (Phi) is 2.43. The fourth-order valence-corrected chi connectivity index (χ4v) is 2.00. The third-order valence-corrected chi connectivity index (χ3v) is 2.76. The fraction of sp³-hybridized carbons (Fsp3) is 0.111. The standard InChI is InChI=1S/C9H9N3OS/c1-10-12-8(13)9-11-6-4-2-3-5-7(6)14-9/h2-5,10H,1H3,(H,12,13). The number of rotatable bonds is 2. The number of hydrogen-bond acceptors (Lipinski definition) is 4. The van der Waals surface area contributed by atoms with Gasteiger partial charge >= 0.3 is 0 Å². The number of nitrogens with one attached hydrogen (secondary N) is 2. The average molecular weight is 207 g/mol. The van der Waals surface area contributed by atoms with Crippen LogP contribution < -0.4 is 10.9 Å². The number of fused-ring (bicyclic) bond motifs is 1. The second kappa shape index (κ2) is 3.73. The van der Waals surface area contributed by atoms with E-state index in [2.05, 4.69) is 15.8 Å². The lowest BCUT2D eigenvalue weighted by atomic mass is 10.3. The van der Waals surface area contributed by atoms with E-state index in [0.29, 0.717) is 5.01 Å². The van der Waals surface area contributed by atoms with E-state index in [1.807, 2.05) is 24.3 Å². The van der Waals surface area contributed by atoms with Crippen molar-refractivity contribution >= 4 is 27.5 Å². The Balaban J connectivity index is 2.40. The predicted octanol–water partition coefficient (Wildman–Crippen LogP) is 1.16. The molecule has 0 fully saturated rings. The molecule has 4 nitrogen and oxygen atoms in total. The second-order valence-corrected chi connectivity index (χ2v) is 3.72. The van der Waals surface area contributed by atoms with Gasteiger partial charge in [0.1, 0.15) is 0 Å². The van der Waals surface area contributed by atoms with E-state index in [-0.39, 0.29) is 5.91 Å². The number of para-hydroxylation sites is 1. The summed E-state index contributed by atoms with van der Waals surface area (Å²) in [5, 5.41) is 0.473. The van der Waals surface area contributed by atoms with Crippen molar-refractivity contribution in [2.24, 2.45) is 0 Å². The molecule has 0 aliphatic heterocycles.